The zero-order chi connectivity index (χ0) is 8.27. The van der Waals surface area contributed by atoms with Crippen molar-refractivity contribution in [3.8, 4) is 0 Å². The summed E-state index contributed by atoms with van der Waals surface area (Å²) in [6.45, 7) is 0.891. The van der Waals surface area contributed by atoms with Gasteiger partial charge in [0.05, 0.1) is 0 Å². The lowest BCUT2D eigenvalue weighted by Crippen LogP contribution is -2.26. The van der Waals surface area contributed by atoms with Crippen LogP contribution in [0.3, 0.4) is 0 Å². The molecular formula is C8H15NOS. The Balaban J connectivity index is 2.23. The monoisotopic (exact) mass is 173 g/mol. The average Bonchev–Trinajstić information content (AvgIpc) is 2.39. The van der Waals surface area contributed by atoms with Crippen LogP contribution in [0.4, 0.5) is 4.79 Å². The summed E-state index contributed by atoms with van der Waals surface area (Å²) in [6.07, 6.45) is 5.23. The van der Waals surface area contributed by atoms with Crippen molar-refractivity contribution >= 4 is 17.9 Å². The molecule has 64 valence electrons. The van der Waals surface area contributed by atoms with Gasteiger partial charge in [0.25, 0.3) is 5.24 Å². The van der Waals surface area contributed by atoms with Crippen molar-refractivity contribution in [3.05, 3.63) is 0 Å². The Hall–Kier alpha value is -0.180. The molecule has 0 atom stereocenters. The highest BCUT2D eigenvalue weighted by atomic mass is 32.1. The maximum Gasteiger partial charge on any atom is 0.278 e. The lowest BCUT2D eigenvalue weighted by Gasteiger charge is -2.18. The number of thiol groups is 1. The molecule has 0 N–H and O–H groups in total. The summed E-state index contributed by atoms with van der Waals surface area (Å²) < 4.78 is 0. The van der Waals surface area contributed by atoms with E-state index < -0.39 is 0 Å². The summed E-state index contributed by atoms with van der Waals surface area (Å²) in [7, 11) is 1.81. The molecule has 0 spiro atoms. The van der Waals surface area contributed by atoms with Gasteiger partial charge in [0, 0.05) is 13.6 Å². The number of hydrogen-bond acceptors (Lipinski definition) is 1. The van der Waals surface area contributed by atoms with Gasteiger partial charge in [-0.2, -0.15) is 0 Å². The van der Waals surface area contributed by atoms with Gasteiger partial charge >= 0.3 is 0 Å². The molecule has 0 aromatic rings. The van der Waals surface area contributed by atoms with E-state index in [0.29, 0.717) is 0 Å². The fraction of sp³-hybridized carbons (Fsp3) is 0.875. The first kappa shape index (κ1) is 8.91. The second-order valence-electron chi connectivity index (χ2n) is 3.31. The number of rotatable bonds is 2. The summed E-state index contributed by atoms with van der Waals surface area (Å²) in [5.74, 6) is 0.732. The van der Waals surface area contributed by atoms with Gasteiger partial charge in [-0.15, -0.1) is 0 Å². The van der Waals surface area contributed by atoms with Gasteiger partial charge in [-0.05, 0) is 18.8 Å². The minimum absolute atomic E-state index is 0.114. The Kier molecular flexibility index (Phi) is 3.24. The molecule has 0 saturated heterocycles. The van der Waals surface area contributed by atoms with Gasteiger partial charge in [0.1, 0.15) is 0 Å². The number of hydrogen-bond donors (Lipinski definition) is 1. The van der Waals surface area contributed by atoms with Crippen molar-refractivity contribution < 1.29 is 4.79 Å². The largest absolute Gasteiger partial charge is 0.337 e. The predicted molar refractivity (Wildman–Crippen MR) is 49.0 cm³/mol. The van der Waals surface area contributed by atoms with E-state index in [-0.39, 0.29) is 5.24 Å². The van der Waals surface area contributed by atoms with E-state index in [9.17, 15) is 4.79 Å². The molecule has 2 nitrogen and oxygen atoms in total. The summed E-state index contributed by atoms with van der Waals surface area (Å²) in [5, 5.41) is -0.114. The molecule has 0 radical (unpaired) electrons. The fourth-order valence-electron chi connectivity index (χ4n) is 1.66. The lowest BCUT2D eigenvalue weighted by molar-refractivity contribution is 0.225. The van der Waals surface area contributed by atoms with Gasteiger partial charge in [0.2, 0.25) is 0 Å². The van der Waals surface area contributed by atoms with E-state index in [0.717, 1.165) is 12.5 Å². The van der Waals surface area contributed by atoms with E-state index >= 15 is 0 Å². The maximum absolute atomic E-state index is 10.7. The third-order valence-electron chi connectivity index (χ3n) is 2.33. The van der Waals surface area contributed by atoms with Gasteiger partial charge in [-0.3, -0.25) is 4.79 Å². The fourth-order valence-corrected chi connectivity index (χ4v) is 1.74. The van der Waals surface area contributed by atoms with Crippen LogP contribution in [0, 0.1) is 5.92 Å². The normalized spacial score (nSPS) is 18.7. The molecule has 0 aromatic heterocycles. The number of amides is 1. The van der Waals surface area contributed by atoms with Crippen molar-refractivity contribution in [2.24, 2.45) is 5.92 Å². The summed E-state index contributed by atoms with van der Waals surface area (Å²) >= 11 is 3.75. The average molecular weight is 173 g/mol. The summed E-state index contributed by atoms with van der Waals surface area (Å²) in [5.41, 5.74) is 0. The van der Waals surface area contributed by atoms with Crippen molar-refractivity contribution in [3.63, 3.8) is 0 Å². The van der Waals surface area contributed by atoms with E-state index in [1.165, 1.54) is 25.7 Å². The van der Waals surface area contributed by atoms with Crippen LogP contribution in [-0.4, -0.2) is 23.7 Å². The molecular weight excluding hydrogens is 158 g/mol. The molecule has 1 saturated carbocycles. The number of carbonyl (C=O) groups is 1. The molecule has 1 aliphatic carbocycles. The van der Waals surface area contributed by atoms with Gasteiger partial charge in [-0.1, -0.05) is 25.5 Å². The number of nitrogens with zero attached hydrogens (tertiary/aromatic N) is 1. The van der Waals surface area contributed by atoms with Crippen LogP contribution in [0.2, 0.25) is 0 Å². The van der Waals surface area contributed by atoms with Crippen molar-refractivity contribution in [1.29, 1.82) is 0 Å². The molecule has 1 rings (SSSR count). The molecule has 0 unspecified atom stereocenters. The van der Waals surface area contributed by atoms with Crippen LogP contribution < -0.4 is 0 Å². The Labute approximate surface area is 73.4 Å². The van der Waals surface area contributed by atoms with Gasteiger partial charge < -0.3 is 4.90 Å². The second-order valence-corrected chi connectivity index (χ2v) is 3.70. The van der Waals surface area contributed by atoms with E-state index in [1.807, 2.05) is 7.05 Å². The molecule has 11 heavy (non-hydrogen) atoms. The van der Waals surface area contributed by atoms with Crippen molar-refractivity contribution in [2.45, 2.75) is 25.7 Å². The Morgan fingerprint density at radius 2 is 2.09 bits per heavy atom. The van der Waals surface area contributed by atoms with Crippen LogP contribution in [0.15, 0.2) is 0 Å². The Morgan fingerprint density at radius 1 is 1.55 bits per heavy atom. The standard InChI is InChI=1S/C8H15NOS/c1-9(8(10)11)6-7-4-2-3-5-7/h7H,2-6H2,1H3,(H,10,11). The van der Waals surface area contributed by atoms with Crippen LogP contribution in [0.1, 0.15) is 25.7 Å². The molecule has 0 aliphatic heterocycles. The predicted octanol–water partition coefficient (Wildman–Crippen LogP) is 2.16. The zero-order valence-corrected chi connectivity index (χ0v) is 7.81. The number of carbonyl (C=O) groups excluding carboxylic acids is 1. The highest BCUT2D eigenvalue weighted by Crippen LogP contribution is 2.25. The second kappa shape index (κ2) is 4.00. The summed E-state index contributed by atoms with van der Waals surface area (Å²) in [6, 6.07) is 0. The first-order chi connectivity index (χ1) is 5.20. The van der Waals surface area contributed by atoms with Crippen molar-refractivity contribution in [1.82, 2.24) is 4.90 Å². The summed E-state index contributed by atoms with van der Waals surface area (Å²) in [4.78, 5) is 12.4. The van der Waals surface area contributed by atoms with Crippen molar-refractivity contribution in [2.75, 3.05) is 13.6 Å². The quantitative estimate of drug-likeness (QED) is 0.634. The molecule has 1 amide bonds. The maximum atomic E-state index is 10.7. The van der Waals surface area contributed by atoms with Gasteiger partial charge in [0.15, 0.2) is 0 Å². The molecule has 3 heteroatoms. The van der Waals surface area contributed by atoms with Gasteiger partial charge in [-0.25, -0.2) is 0 Å². The minimum atomic E-state index is -0.114. The molecule has 0 heterocycles. The lowest BCUT2D eigenvalue weighted by atomic mass is 10.1. The zero-order valence-electron chi connectivity index (χ0n) is 6.92. The SMILES string of the molecule is CN(CC1CCCC1)C(=O)S. The van der Waals surface area contributed by atoms with Crippen LogP contribution >= 0.6 is 12.6 Å². The molecule has 1 fully saturated rings. The topological polar surface area (TPSA) is 20.3 Å². The van der Waals surface area contributed by atoms with E-state index in [4.69, 9.17) is 0 Å². The van der Waals surface area contributed by atoms with E-state index in [2.05, 4.69) is 12.6 Å². The smallest absolute Gasteiger partial charge is 0.278 e. The molecule has 0 aromatic carbocycles. The van der Waals surface area contributed by atoms with Crippen LogP contribution in [-0.2, 0) is 0 Å². The Morgan fingerprint density at radius 3 is 2.55 bits per heavy atom. The molecule has 0 bridgehead atoms. The van der Waals surface area contributed by atoms with Crippen LogP contribution in [0.25, 0.3) is 0 Å². The highest BCUT2D eigenvalue weighted by Gasteiger charge is 2.17. The highest BCUT2D eigenvalue weighted by molar-refractivity contribution is 7.96. The minimum Gasteiger partial charge on any atom is -0.337 e. The molecule has 1 aliphatic rings. The first-order valence-electron chi connectivity index (χ1n) is 4.14. The third-order valence-corrected chi connectivity index (χ3v) is 2.67. The van der Waals surface area contributed by atoms with E-state index in [1.54, 1.807) is 4.90 Å². The van der Waals surface area contributed by atoms with Crippen LogP contribution in [0.5, 0.6) is 0 Å². The Bertz CT molecular complexity index is 143. The first-order valence-corrected chi connectivity index (χ1v) is 4.59. The third kappa shape index (κ3) is 2.73.